The van der Waals surface area contributed by atoms with Gasteiger partial charge in [-0.25, -0.2) is 0 Å². The Labute approximate surface area is 112 Å². The van der Waals surface area contributed by atoms with Crippen LogP contribution in [0, 0.1) is 0 Å². The molecule has 0 aliphatic heterocycles. The number of nitrogens with one attached hydrogen (secondary N) is 1. The summed E-state index contributed by atoms with van der Waals surface area (Å²) in [6, 6.07) is 8.52. The van der Waals surface area contributed by atoms with Gasteiger partial charge < -0.3 is 5.32 Å². The van der Waals surface area contributed by atoms with Gasteiger partial charge >= 0.3 is 0 Å². The van der Waals surface area contributed by atoms with Crippen molar-refractivity contribution in [3.63, 3.8) is 0 Å². The molecule has 0 unspecified atom stereocenters. The Morgan fingerprint density at radius 1 is 1.24 bits per heavy atom. The van der Waals surface area contributed by atoms with Crippen LogP contribution in [0.5, 0.6) is 0 Å². The first kappa shape index (κ1) is 14.1. The van der Waals surface area contributed by atoms with Crippen LogP contribution in [-0.2, 0) is 6.42 Å². The summed E-state index contributed by atoms with van der Waals surface area (Å²) >= 11 is 3.43. The molecular formula is C14H19BrN2. The number of likely N-dealkylation sites (N-methyl/N-ethyl adjacent to an activating group) is 1. The fourth-order valence-corrected chi connectivity index (χ4v) is 1.93. The van der Waals surface area contributed by atoms with Crippen LogP contribution in [0.1, 0.15) is 19.4 Å². The summed E-state index contributed by atoms with van der Waals surface area (Å²) in [4.78, 5) is 4.34. The lowest BCUT2D eigenvalue weighted by atomic mass is 10.1. The van der Waals surface area contributed by atoms with Gasteiger partial charge in [-0.05, 0) is 59.7 Å². The zero-order valence-electron chi connectivity index (χ0n) is 10.6. The predicted molar refractivity (Wildman–Crippen MR) is 78.4 cm³/mol. The molecule has 1 aromatic heterocycles. The first-order valence-electron chi connectivity index (χ1n) is 5.98. The average Bonchev–Trinajstić information content (AvgIpc) is 2.38. The number of fused-ring (bicyclic) bond motifs is 1. The number of halogens is 1. The molecule has 0 saturated carbocycles. The third-order valence-corrected chi connectivity index (χ3v) is 2.81. The molecule has 0 aliphatic rings. The van der Waals surface area contributed by atoms with Gasteiger partial charge in [-0.2, -0.15) is 0 Å². The van der Waals surface area contributed by atoms with E-state index in [0.29, 0.717) is 0 Å². The van der Waals surface area contributed by atoms with Crippen LogP contribution in [-0.4, -0.2) is 18.6 Å². The van der Waals surface area contributed by atoms with Crippen LogP contribution in [0.3, 0.4) is 0 Å². The van der Waals surface area contributed by atoms with Crippen LogP contribution in [0.2, 0.25) is 0 Å². The molecule has 0 amide bonds. The molecule has 2 aromatic rings. The molecule has 0 bridgehead atoms. The van der Waals surface area contributed by atoms with Gasteiger partial charge in [0.2, 0.25) is 0 Å². The normalized spacial score (nSPS) is 9.88. The minimum absolute atomic E-state index is 1.01. The zero-order valence-corrected chi connectivity index (χ0v) is 12.2. The minimum atomic E-state index is 1.01. The monoisotopic (exact) mass is 294 g/mol. The molecule has 0 saturated heterocycles. The number of hydrogen-bond donors (Lipinski definition) is 1. The van der Waals surface area contributed by atoms with Crippen molar-refractivity contribution in [1.29, 1.82) is 0 Å². The maximum Gasteiger partial charge on any atom is 0.0703 e. The van der Waals surface area contributed by atoms with Gasteiger partial charge in [-0.1, -0.05) is 19.9 Å². The van der Waals surface area contributed by atoms with Gasteiger partial charge in [0.05, 0.1) is 5.52 Å². The lowest BCUT2D eigenvalue weighted by Gasteiger charge is -2.03. The highest BCUT2D eigenvalue weighted by molar-refractivity contribution is 9.10. The number of pyridine rings is 1. The molecule has 0 fully saturated rings. The molecular weight excluding hydrogens is 276 g/mol. The second kappa shape index (κ2) is 7.41. The molecule has 1 aromatic carbocycles. The van der Waals surface area contributed by atoms with Crippen molar-refractivity contribution in [2.45, 2.75) is 20.3 Å². The van der Waals surface area contributed by atoms with E-state index in [9.17, 15) is 0 Å². The van der Waals surface area contributed by atoms with Crippen molar-refractivity contribution in [3.05, 3.63) is 40.5 Å². The molecule has 0 spiro atoms. The molecule has 17 heavy (non-hydrogen) atoms. The van der Waals surface area contributed by atoms with E-state index in [1.54, 1.807) is 0 Å². The first-order valence-corrected chi connectivity index (χ1v) is 6.77. The summed E-state index contributed by atoms with van der Waals surface area (Å²) in [5, 5.41) is 4.34. The van der Waals surface area contributed by atoms with Crippen LogP contribution in [0.4, 0.5) is 0 Å². The highest BCUT2D eigenvalue weighted by atomic mass is 79.9. The Kier molecular flexibility index (Phi) is 6.16. The summed E-state index contributed by atoms with van der Waals surface area (Å²) in [5.41, 5.74) is 2.39. The van der Waals surface area contributed by atoms with E-state index in [-0.39, 0.29) is 0 Å². The van der Waals surface area contributed by atoms with E-state index in [0.717, 1.165) is 23.0 Å². The molecule has 1 heterocycles. The van der Waals surface area contributed by atoms with Crippen molar-refractivity contribution >= 4 is 26.8 Å². The lowest BCUT2D eigenvalue weighted by molar-refractivity contribution is 0.792. The van der Waals surface area contributed by atoms with E-state index in [2.05, 4.69) is 50.5 Å². The molecule has 92 valence electrons. The van der Waals surface area contributed by atoms with Gasteiger partial charge in [0.1, 0.15) is 0 Å². The lowest BCUT2D eigenvalue weighted by Crippen LogP contribution is -2.10. The first-order chi connectivity index (χ1) is 8.29. The summed E-state index contributed by atoms with van der Waals surface area (Å²) in [6.07, 6.45) is 2.88. The number of rotatable bonds is 3. The van der Waals surface area contributed by atoms with Crippen LogP contribution >= 0.6 is 15.9 Å². The number of nitrogens with zero attached hydrogens (tertiary/aromatic N) is 1. The van der Waals surface area contributed by atoms with Crippen molar-refractivity contribution in [2.75, 3.05) is 13.6 Å². The molecule has 3 heteroatoms. The van der Waals surface area contributed by atoms with Crippen molar-refractivity contribution in [2.24, 2.45) is 0 Å². The molecule has 0 radical (unpaired) electrons. The largest absolute Gasteiger partial charge is 0.319 e. The summed E-state index contributed by atoms with van der Waals surface area (Å²) in [7, 11) is 1.97. The second-order valence-corrected chi connectivity index (χ2v) is 4.45. The number of hydrogen-bond acceptors (Lipinski definition) is 2. The maximum absolute atomic E-state index is 4.34. The Bertz CT molecular complexity index is 469. The highest BCUT2D eigenvalue weighted by Gasteiger charge is 1.98. The standard InChI is InChI=1S/C12H13BrN2.C2H6/c1-14-5-4-9-2-3-12-10(6-9)7-11(13)8-15-12;1-2/h2-3,6-8,14H,4-5H2,1H3;1-2H3. The van der Waals surface area contributed by atoms with Gasteiger partial charge in [0.15, 0.2) is 0 Å². The molecule has 2 rings (SSSR count). The van der Waals surface area contributed by atoms with E-state index >= 15 is 0 Å². The van der Waals surface area contributed by atoms with Gasteiger partial charge in [0.25, 0.3) is 0 Å². The smallest absolute Gasteiger partial charge is 0.0703 e. The Morgan fingerprint density at radius 2 is 2.00 bits per heavy atom. The van der Waals surface area contributed by atoms with Crippen molar-refractivity contribution in [3.8, 4) is 0 Å². The predicted octanol–water partition coefficient (Wildman–Crippen LogP) is 3.79. The van der Waals surface area contributed by atoms with Crippen molar-refractivity contribution < 1.29 is 0 Å². The van der Waals surface area contributed by atoms with Gasteiger partial charge in [0, 0.05) is 16.1 Å². The summed E-state index contributed by atoms with van der Waals surface area (Å²) in [5.74, 6) is 0. The topological polar surface area (TPSA) is 24.9 Å². The molecule has 0 atom stereocenters. The quantitative estimate of drug-likeness (QED) is 0.932. The van der Waals surface area contributed by atoms with Crippen molar-refractivity contribution in [1.82, 2.24) is 10.3 Å². The Balaban J connectivity index is 0.000000686. The highest BCUT2D eigenvalue weighted by Crippen LogP contribution is 2.18. The molecule has 2 nitrogen and oxygen atoms in total. The molecule has 0 aliphatic carbocycles. The zero-order chi connectivity index (χ0) is 12.7. The van der Waals surface area contributed by atoms with Crippen LogP contribution < -0.4 is 5.32 Å². The number of benzene rings is 1. The fourth-order valence-electron chi connectivity index (χ4n) is 1.58. The van der Waals surface area contributed by atoms with E-state index in [1.165, 1.54) is 10.9 Å². The number of aromatic nitrogens is 1. The third kappa shape index (κ3) is 4.10. The Hall–Kier alpha value is -0.930. The Morgan fingerprint density at radius 3 is 2.71 bits per heavy atom. The minimum Gasteiger partial charge on any atom is -0.319 e. The van der Waals surface area contributed by atoms with Crippen LogP contribution in [0.25, 0.3) is 10.9 Å². The van der Waals surface area contributed by atoms with Gasteiger partial charge in [-0.15, -0.1) is 0 Å². The summed E-state index contributed by atoms with van der Waals surface area (Å²) in [6.45, 7) is 5.01. The summed E-state index contributed by atoms with van der Waals surface area (Å²) < 4.78 is 1.03. The second-order valence-electron chi connectivity index (χ2n) is 3.53. The van der Waals surface area contributed by atoms with E-state index in [1.807, 2.05) is 27.1 Å². The average molecular weight is 295 g/mol. The van der Waals surface area contributed by atoms with Crippen LogP contribution in [0.15, 0.2) is 34.9 Å². The SMILES string of the molecule is CC.CNCCc1ccc2ncc(Br)cc2c1. The molecule has 1 N–H and O–H groups in total. The van der Waals surface area contributed by atoms with E-state index in [4.69, 9.17) is 0 Å². The maximum atomic E-state index is 4.34. The fraction of sp³-hybridized carbons (Fsp3) is 0.357. The van der Waals surface area contributed by atoms with E-state index < -0.39 is 0 Å². The van der Waals surface area contributed by atoms with Gasteiger partial charge in [-0.3, -0.25) is 4.98 Å². The third-order valence-electron chi connectivity index (χ3n) is 2.38.